The summed E-state index contributed by atoms with van der Waals surface area (Å²) in [6.07, 6.45) is 0.315. The molecule has 1 atom stereocenters. The van der Waals surface area contributed by atoms with Crippen molar-refractivity contribution in [2.45, 2.75) is 13.0 Å². The minimum Gasteiger partial charge on any atom is -0.354 e. The molecule has 124 valence electrons. The third kappa shape index (κ3) is 3.22. The maximum atomic E-state index is 12.2. The maximum absolute atomic E-state index is 12.2. The Labute approximate surface area is 135 Å². The van der Waals surface area contributed by atoms with E-state index in [4.69, 9.17) is 0 Å². The third-order valence-electron chi connectivity index (χ3n) is 3.83. The van der Waals surface area contributed by atoms with Crippen LogP contribution in [0.5, 0.6) is 0 Å². The summed E-state index contributed by atoms with van der Waals surface area (Å²) in [6.45, 7) is 0.127. The Morgan fingerprint density at radius 3 is 2.91 bits per heavy atom. The molecule has 1 aliphatic rings. The second-order valence-corrected chi connectivity index (χ2v) is 8.59. The molecule has 0 radical (unpaired) electrons. The molecule has 0 aromatic carbocycles. The predicted molar refractivity (Wildman–Crippen MR) is 86.5 cm³/mol. The van der Waals surface area contributed by atoms with Crippen molar-refractivity contribution in [3.05, 3.63) is 32.3 Å². The molecule has 23 heavy (non-hydrogen) atoms. The van der Waals surface area contributed by atoms with Gasteiger partial charge in [-0.25, -0.2) is 13.2 Å². The van der Waals surface area contributed by atoms with E-state index in [2.05, 4.69) is 10.3 Å². The maximum Gasteiger partial charge on any atom is 0.328 e. The van der Waals surface area contributed by atoms with Crippen LogP contribution in [0.3, 0.4) is 0 Å². The first kappa shape index (κ1) is 15.9. The van der Waals surface area contributed by atoms with Crippen molar-refractivity contribution < 1.29 is 13.2 Å². The summed E-state index contributed by atoms with van der Waals surface area (Å²) in [4.78, 5) is 38.6. The molecule has 2 aromatic heterocycles. The highest BCUT2D eigenvalue weighted by atomic mass is 32.2. The van der Waals surface area contributed by atoms with E-state index in [9.17, 15) is 22.8 Å². The van der Waals surface area contributed by atoms with Crippen LogP contribution in [0.1, 0.15) is 6.42 Å². The van der Waals surface area contributed by atoms with Gasteiger partial charge in [-0.15, -0.1) is 11.3 Å². The van der Waals surface area contributed by atoms with Crippen LogP contribution in [0.25, 0.3) is 10.2 Å². The van der Waals surface area contributed by atoms with Gasteiger partial charge < -0.3 is 10.3 Å². The molecule has 3 heterocycles. The number of hydrogen-bond acceptors (Lipinski definition) is 6. The summed E-state index contributed by atoms with van der Waals surface area (Å²) in [5, 5.41) is 4.31. The van der Waals surface area contributed by atoms with E-state index >= 15 is 0 Å². The number of nitrogens with zero attached hydrogens (tertiary/aromatic N) is 1. The molecule has 0 aliphatic carbocycles. The van der Waals surface area contributed by atoms with Crippen LogP contribution in [0.2, 0.25) is 0 Å². The van der Waals surface area contributed by atoms with E-state index in [1.807, 2.05) is 0 Å². The highest BCUT2D eigenvalue weighted by Crippen LogP contribution is 2.18. The molecular weight excluding hydrogens is 342 g/mol. The number of aromatic amines is 1. The van der Waals surface area contributed by atoms with Crippen molar-refractivity contribution >= 4 is 37.3 Å². The Morgan fingerprint density at radius 1 is 1.43 bits per heavy atom. The second-order valence-electron chi connectivity index (χ2n) is 5.44. The van der Waals surface area contributed by atoms with Crippen LogP contribution in [-0.2, 0) is 21.2 Å². The molecule has 0 spiro atoms. The average molecular weight is 357 g/mol. The van der Waals surface area contributed by atoms with Crippen molar-refractivity contribution in [2.75, 3.05) is 18.1 Å². The van der Waals surface area contributed by atoms with Crippen molar-refractivity contribution in [3.8, 4) is 0 Å². The van der Waals surface area contributed by atoms with Gasteiger partial charge in [-0.1, -0.05) is 0 Å². The van der Waals surface area contributed by atoms with E-state index in [1.165, 1.54) is 11.3 Å². The van der Waals surface area contributed by atoms with E-state index in [0.717, 1.165) is 4.57 Å². The van der Waals surface area contributed by atoms with Gasteiger partial charge in [0.2, 0.25) is 5.91 Å². The Kier molecular flexibility index (Phi) is 4.11. The molecule has 2 aromatic rings. The highest BCUT2D eigenvalue weighted by molar-refractivity contribution is 7.91. The molecule has 1 amide bonds. The van der Waals surface area contributed by atoms with Crippen molar-refractivity contribution in [1.29, 1.82) is 0 Å². The lowest BCUT2D eigenvalue weighted by Crippen LogP contribution is -2.40. The zero-order valence-corrected chi connectivity index (χ0v) is 13.7. The van der Waals surface area contributed by atoms with Crippen molar-refractivity contribution in [2.24, 2.45) is 5.92 Å². The van der Waals surface area contributed by atoms with E-state index in [0.29, 0.717) is 16.6 Å². The molecule has 0 saturated carbocycles. The first-order chi connectivity index (χ1) is 10.9. The van der Waals surface area contributed by atoms with Gasteiger partial charge in [0.05, 0.1) is 22.9 Å². The first-order valence-electron chi connectivity index (χ1n) is 7.06. The van der Waals surface area contributed by atoms with Crippen LogP contribution in [-0.4, -0.2) is 41.9 Å². The molecule has 3 rings (SSSR count). The number of H-pyrrole nitrogens is 1. The fourth-order valence-electron chi connectivity index (χ4n) is 2.61. The predicted octanol–water partition coefficient (Wildman–Crippen LogP) is -0.698. The minimum absolute atomic E-state index is 0.0270. The quantitative estimate of drug-likeness (QED) is 0.750. The van der Waals surface area contributed by atoms with Crippen LogP contribution in [0.15, 0.2) is 21.0 Å². The van der Waals surface area contributed by atoms with Gasteiger partial charge in [0.1, 0.15) is 4.70 Å². The molecule has 8 nitrogen and oxygen atoms in total. The second kappa shape index (κ2) is 5.93. The van der Waals surface area contributed by atoms with Gasteiger partial charge in [-0.2, -0.15) is 0 Å². The number of carbonyl (C=O) groups is 1. The van der Waals surface area contributed by atoms with E-state index in [1.54, 1.807) is 11.4 Å². The summed E-state index contributed by atoms with van der Waals surface area (Å²) in [5.41, 5.74) is -0.420. The Bertz CT molecular complexity index is 969. The topological polar surface area (TPSA) is 118 Å². The van der Waals surface area contributed by atoms with Gasteiger partial charge in [0, 0.05) is 13.1 Å². The number of carbonyl (C=O) groups excluding carboxylic acids is 1. The van der Waals surface area contributed by atoms with Crippen LogP contribution < -0.4 is 16.6 Å². The fourth-order valence-corrected chi connectivity index (χ4v) is 5.15. The van der Waals surface area contributed by atoms with Crippen LogP contribution in [0.4, 0.5) is 0 Å². The van der Waals surface area contributed by atoms with E-state index in [-0.39, 0.29) is 30.5 Å². The summed E-state index contributed by atoms with van der Waals surface area (Å²) < 4.78 is 24.2. The largest absolute Gasteiger partial charge is 0.354 e. The number of thiophene rings is 1. The minimum atomic E-state index is -3.12. The lowest BCUT2D eigenvalue weighted by atomic mass is 10.1. The summed E-state index contributed by atoms with van der Waals surface area (Å²) in [7, 11) is -3.12. The lowest BCUT2D eigenvalue weighted by Gasteiger charge is -2.10. The molecular formula is C13H15N3O5S2. The zero-order chi connectivity index (χ0) is 16.6. The van der Waals surface area contributed by atoms with Gasteiger partial charge in [0.25, 0.3) is 5.56 Å². The Balaban J connectivity index is 1.66. The van der Waals surface area contributed by atoms with Crippen molar-refractivity contribution in [1.82, 2.24) is 14.9 Å². The number of nitrogens with one attached hydrogen (secondary N) is 2. The Hall–Kier alpha value is -1.94. The average Bonchev–Trinajstić information content (AvgIpc) is 3.08. The number of hydrogen-bond donors (Lipinski definition) is 2. The molecule has 1 aliphatic heterocycles. The van der Waals surface area contributed by atoms with Gasteiger partial charge in [-0.3, -0.25) is 14.2 Å². The van der Waals surface area contributed by atoms with Crippen molar-refractivity contribution in [3.63, 3.8) is 0 Å². The third-order valence-corrected chi connectivity index (χ3v) is 6.50. The summed E-state index contributed by atoms with van der Waals surface area (Å²) >= 11 is 1.24. The van der Waals surface area contributed by atoms with Gasteiger partial charge in [-0.05, 0) is 17.9 Å². The number of sulfone groups is 1. The number of fused-ring (bicyclic) bond motifs is 1. The molecule has 10 heteroatoms. The number of aromatic nitrogens is 2. The Morgan fingerprint density at radius 2 is 2.22 bits per heavy atom. The smallest absolute Gasteiger partial charge is 0.328 e. The fraction of sp³-hybridized carbons (Fsp3) is 0.462. The van der Waals surface area contributed by atoms with Gasteiger partial charge in [0.15, 0.2) is 9.84 Å². The number of rotatable bonds is 4. The van der Waals surface area contributed by atoms with Gasteiger partial charge >= 0.3 is 5.69 Å². The zero-order valence-electron chi connectivity index (χ0n) is 12.1. The monoisotopic (exact) mass is 357 g/mol. The highest BCUT2D eigenvalue weighted by Gasteiger charge is 2.32. The number of amides is 1. The summed E-state index contributed by atoms with van der Waals surface area (Å²) in [5.74, 6) is -1.01. The van der Waals surface area contributed by atoms with E-state index < -0.39 is 27.0 Å². The summed E-state index contributed by atoms with van der Waals surface area (Å²) in [6, 6.07) is 1.66. The van der Waals surface area contributed by atoms with Crippen LogP contribution in [0, 0.1) is 5.92 Å². The molecule has 1 fully saturated rings. The molecule has 2 N–H and O–H groups in total. The molecule has 1 saturated heterocycles. The lowest BCUT2D eigenvalue weighted by molar-refractivity contribution is -0.124. The SMILES string of the molecule is O=C(NCCn1c(=O)[nH]c2ccsc2c1=O)C1CCS(=O)(=O)C1. The molecule has 1 unspecified atom stereocenters. The first-order valence-corrected chi connectivity index (χ1v) is 9.76. The normalized spacial score (nSPS) is 19.9. The van der Waals surface area contributed by atoms with Crippen LogP contribution >= 0.6 is 11.3 Å². The molecule has 0 bridgehead atoms. The standard InChI is InChI=1S/C13H15N3O5S2/c17-11(8-2-6-23(20,21)7-8)14-3-4-16-12(18)10-9(1-5-22-10)15-13(16)19/h1,5,8H,2-4,6-7H2,(H,14,17)(H,15,19).